The molecule has 0 bridgehead atoms. The van der Waals surface area contributed by atoms with Gasteiger partial charge in [-0.05, 0) is 88.5 Å². The molecule has 2 aromatic rings. The Morgan fingerprint density at radius 3 is 2.44 bits per heavy atom. The monoisotopic (exact) mass is 489 g/mol. The molecular weight excluding hydrogens is 442 g/mol. The van der Waals surface area contributed by atoms with Crippen LogP contribution in [-0.2, 0) is 11.3 Å². The fourth-order valence-corrected chi connectivity index (χ4v) is 6.62. The van der Waals surface area contributed by atoms with Gasteiger partial charge in [0.15, 0.2) is 0 Å². The highest BCUT2D eigenvalue weighted by Gasteiger charge is 2.28. The summed E-state index contributed by atoms with van der Waals surface area (Å²) in [5, 5.41) is 0. The van der Waals surface area contributed by atoms with Gasteiger partial charge in [0.05, 0.1) is 11.0 Å². The summed E-state index contributed by atoms with van der Waals surface area (Å²) in [4.78, 5) is 20.8. The van der Waals surface area contributed by atoms with Crippen molar-refractivity contribution in [3.63, 3.8) is 0 Å². The molecule has 0 aliphatic heterocycles. The van der Waals surface area contributed by atoms with E-state index in [0.29, 0.717) is 24.3 Å². The van der Waals surface area contributed by atoms with E-state index >= 15 is 0 Å². The summed E-state index contributed by atoms with van der Waals surface area (Å²) in [7, 11) is 0. The molecule has 2 fully saturated rings. The maximum absolute atomic E-state index is 13.5. The first-order valence-corrected chi connectivity index (χ1v) is 14.7. The lowest BCUT2D eigenvalue weighted by atomic mass is 9.80. The van der Waals surface area contributed by atoms with Crippen LogP contribution in [0.25, 0.3) is 16.6 Å². The lowest BCUT2D eigenvalue weighted by Gasteiger charge is -2.34. The minimum atomic E-state index is 0.311. The highest BCUT2D eigenvalue weighted by molar-refractivity contribution is 5.84. The molecule has 1 aromatic heterocycles. The molecule has 4 nitrogen and oxygen atoms in total. The fraction of sp³-hybridized carbons (Fsp3) is 0.625. The molecule has 4 rings (SSSR count). The normalized spacial score (nSPS) is 21.9. The second kappa shape index (κ2) is 12.7. The van der Waals surface area contributed by atoms with Crippen molar-refractivity contribution in [1.82, 2.24) is 14.5 Å². The largest absolute Gasteiger partial charge is 0.340 e. The number of benzene rings is 1. The van der Waals surface area contributed by atoms with Crippen LogP contribution in [0.2, 0.25) is 0 Å². The van der Waals surface area contributed by atoms with Crippen LogP contribution < -0.4 is 0 Å². The molecule has 1 amide bonds. The minimum Gasteiger partial charge on any atom is -0.340 e. The van der Waals surface area contributed by atoms with Gasteiger partial charge in [-0.1, -0.05) is 56.9 Å². The molecule has 4 heteroatoms. The number of fused-ring (bicyclic) bond motifs is 1. The Balaban J connectivity index is 1.63. The Labute approximate surface area is 218 Å². The van der Waals surface area contributed by atoms with Crippen LogP contribution in [0.3, 0.4) is 0 Å². The molecule has 2 aliphatic carbocycles. The van der Waals surface area contributed by atoms with Crippen molar-refractivity contribution in [3.05, 3.63) is 47.8 Å². The highest BCUT2D eigenvalue weighted by atomic mass is 16.2. The zero-order valence-electron chi connectivity index (χ0n) is 23.1. The highest BCUT2D eigenvalue weighted by Crippen LogP contribution is 2.38. The molecule has 2 saturated carbocycles. The van der Waals surface area contributed by atoms with E-state index in [-0.39, 0.29) is 0 Å². The lowest BCUT2D eigenvalue weighted by Crippen LogP contribution is -2.41. The summed E-state index contributed by atoms with van der Waals surface area (Å²) in [6.45, 7) is 10.2. The standard InChI is InChI=1S/C32H47N3O/c1-5-12-25(7-3)27-19-20-29-30(23-27)35(32(33-29)26-17-15-24(6-2)16-18-26)22-21-31(36)34(8-4)28-13-10-9-11-14-28/h5,7,12,19-20,23-24,26,28H,6,8-11,13-18,21-22H2,1-4H3/b12-5-,25-7+. The van der Waals surface area contributed by atoms with Gasteiger partial charge >= 0.3 is 0 Å². The Morgan fingerprint density at radius 1 is 1.06 bits per heavy atom. The molecule has 0 saturated heterocycles. The molecule has 0 radical (unpaired) electrons. The number of hydrogen-bond donors (Lipinski definition) is 0. The molecule has 36 heavy (non-hydrogen) atoms. The van der Waals surface area contributed by atoms with E-state index in [4.69, 9.17) is 4.98 Å². The Hall–Kier alpha value is -2.36. The number of rotatable bonds is 9. The summed E-state index contributed by atoms with van der Waals surface area (Å²) in [5.74, 6) is 2.87. The van der Waals surface area contributed by atoms with Crippen LogP contribution in [0.15, 0.2) is 36.4 Å². The van der Waals surface area contributed by atoms with Gasteiger partial charge in [-0.15, -0.1) is 0 Å². The number of imidazole rings is 1. The molecule has 1 aromatic carbocycles. The van der Waals surface area contributed by atoms with E-state index in [1.165, 1.54) is 86.7 Å². The van der Waals surface area contributed by atoms with Gasteiger partial charge in [-0.3, -0.25) is 4.79 Å². The average Bonchev–Trinajstić information content (AvgIpc) is 3.29. The molecule has 1 heterocycles. The number of carbonyl (C=O) groups is 1. The maximum atomic E-state index is 13.5. The predicted molar refractivity (Wildman–Crippen MR) is 152 cm³/mol. The molecule has 0 atom stereocenters. The van der Waals surface area contributed by atoms with Crippen LogP contribution in [0.5, 0.6) is 0 Å². The zero-order valence-corrected chi connectivity index (χ0v) is 23.1. The Kier molecular flexibility index (Phi) is 9.45. The quantitative estimate of drug-likeness (QED) is 0.332. The SMILES string of the molecule is C/C=C\C(=C/C)c1ccc2nc(C3CCC(CC)CC3)n(CCC(=O)N(CC)C3CCCCC3)c2c1. The molecule has 0 unspecified atom stereocenters. The van der Waals surface area contributed by atoms with Crippen LogP contribution in [0.1, 0.15) is 116 Å². The molecule has 0 spiro atoms. The summed E-state index contributed by atoms with van der Waals surface area (Å²) in [6, 6.07) is 7.10. The first-order chi connectivity index (χ1) is 17.6. The van der Waals surface area contributed by atoms with Gasteiger partial charge in [0.25, 0.3) is 0 Å². The van der Waals surface area contributed by atoms with Gasteiger partial charge in [-0.2, -0.15) is 0 Å². The fourth-order valence-electron chi connectivity index (χ4n) is 6.62. The number of aryl methyl sites for hydroxylation is 1. The van der Waals surface area contributed by atoms with Crippen molar-refractivity contribution < 1.29 is 4.79 Å². The number of hydrogen-bond acceptors (Lipinski definition) is 2. The van der Waals surface area contributed by atoms with Gasteiger partial charge in [0.2, 0.25) is 5.91 Å². The third-order valence-corrected chi connectivity index (χ3v) is 8.78. The maximum Gasteiger partial charge on any atom is 0.224 e. The Bertz CT molecular complexity index is 1060. The molecule has 2 aliphatic rings. The third-order valence-electron chi connectivity index (χ3n) is 8.78. The smallest absolute Gasteiger partial charge is 0.224 e. The first-order valence-electron chi connectivity index (χ1n) is 14.7. The van der Waals surface area contributed by atoms with Crippen molar-refractivity contribution in [2.75, 3.05) is 6.54 Å². The van der Waals surface area contributed by atoms with Crippen molar-refractivity contribution >= 4 is 22.5 Å². The van der Waals surface area contributed by atoms with Crippen LogP contribution in [0, 0.1) is 5.92 Å². The average molecular weight is 490 g/mol. The van der Waals surface area contributed by atoms with E-state index in [1.54, 1.807) is 0 Å². The van der Waals surface area contributed by atoms with E-state index in [0.717, 1.165) is 24.5 Å². The minimum absolute atomic E-state index is 0.311. The van der Waals surface area contributed by atoms with Gasteiger partial charge in [0, 0.05) is 31.5 Å². The topological polar surface area (TPSA) is 38.1 Å². The van der Waals surface area contributed by atoms with E-state index in [2.05, 4.69) is 73.6 Å². The predicted octanol–water partition coefficient (Wildman–Crippen LogP) is 8.27. The Morgan fingerprint density at radius 2 is 1.81 bits per heavy atom. The van der Waals surface area contributed by atoms with Crippen molar-refractivity contribution in [2.24, 2.45) is 5.92 Å². The number of amides is 1. The molecular formula is C32H47N3O. The zero-order chi connectivity index (χ0) is 25.5. The lowest BCUT2D eigenvalue weighted by molar-refractivity contribution is -0.134. The van der Waals surface area contributed by atoms with Crippen molar-refractivity contribution in [2.45, 2.75) is 117 Å². The number of allylic oxidation sites excluding steroid dienone is 4. The number of carbonyl (C=O) groups excluding carboxylic acids is 1. The van der Waals surface area contributed by atoms with Crippen LogP contribution >= 0.6 is 0 Å². The van der Waals surface area contributed by atoms with E-state index in [9.17, 15) is 4.79 Å². The van der Waals surface area contributed by atoms with Gasteiger partial charge in [0.1, 0.15) is 5.82 Å². The van der Waals surface area contributed by atoms with Crippen LogP contribution in [0.4, 0.5) is 0 Å². The van der Waals surface area contributed by atoms with Crippen molar-refractivity contribution in [3.8, 4) is 0 Å². The summed E-state index contributed by atoms with van der Waals surface area (Å²) >= 11 is 0. The molecule has 0 N–H and O–H groups in total. The van der Waals surface area contributed by atoms with Gasteiger partial charge < -0.3 is 9.47 Å². The third kappa shape index (κ3) is 5.95. The van der Waals surface area contributed by atoms with E-state index in [1.807, 2.05) is 0 Å². The summed E-state index contributed by atoms with van der Waals surface area (Å²) < 4.78 is 2.41. The number of aromatic nitrogens is 2. The van der Waals surface area contributed by atoms with Crippen LogP contribution in [-0.4, -0.2) is 32.9 Å². The van der Waals surface area contributed by atoms with Crippen molar-refractivity contribution in [1.29, 1.82) is 0 Å². The second-order valence-corrected chi connectivity index (χ2v) is 10.9. The number of nitrogens with zero attached hydrogens (tertiary/aromatic N) is 3. The summed E-state index contributed by atoms with van der Waals surface area (Å²) in [5.41, 5.74) is 4.68. The first kappa shape index (κ1) is 26.7. The van der Waals surface area contributed by atoms with E-state index < -0.39 is 0 Å². The second-order valence-electron chi connectivity index (χ2n) is 10.9. The van der Waals surface area contributed by atoms with Gasteiger partial charge in [-0.25, -0.2) is 4.98 Å². The summed E-state index contributed by atoms with van der Waals surface area (Å²) in [6.07, 6.45) is 19.5. The molecule has 196 valence electrons.